The molecule has 1 N–H and O–H groups in total. The van der Waals surface area contributed by atoms with Gasteiger partial charge in [-0.15, -0.1) is 0 Å². The molecule has 1 heterocycles. The molecule has 150 valence electrons. The van der Waals surface area contributed by atoms with E-state index in [1.54, 1.807) is 6.92 Å². The monoisotopic (exact) mass is 612 g/mol. The Bertz CT molecular complexity index is 689. The largest absolute Gasteiger partial charge is 0.328 e. The van der Waals surface area contributed by atoms with Crippen LogP contribution in [-0.2, 0) is 0 Å². The summed E-state index contributed by atoms with van der Waals surface area (Å²) in [4.78, 5) is 25.8. The van der Waals surface area contributed by atoms with Gasteiger partial charge in [0, 0.05) is 40.3 Å². The summed E-state index contributed by atoms with van der Waals surface area (Å²) in [7, 11) is 0. The molecule has 2 atom stereocenters. The fourth-order valence-electron chi connectivity index (χ4n) is 2.64. The van der Waals surface area contributed by atoms with Gasteiger partial charge in [0.15, 0.2) is 7.59 Å². The molecule has 0 fully saturated rings. The highest BCUT2D eigenvalue weighted by Crippen LogP contribution is 2.39. The molecule has 1 aromatic rings. The lowest BCUT2D eigenvalue weighted by Crippen LogP contribution is -2.36. The molecule has 12 heteroatoms. The Morgan fingerprint density at radius 3 is 1.77 bits per heavy atom. The van der Waals surface area contributed by atoms with Crippen molar-refractivity contribution in [1.82, 2.24) is 9.55 Å². The first-order valence-corrected chi connectivity index (χ1v) is 11.5. The van der Waals surface area contributed by atoms with Crippen LogP contribution >= 0.6 is 101 Å². The second kappa shape index (κ2) is 10.4. The Hall–Kier alpha value is 1.38. The lowest BCUT2D eigenvalue weighted by atomic mass is 10.0. The van der Waals surface area contributed by atoms with E-state index in [0.29, 0.717) is 18.5 Å². The van der Waals surface area contributed by atoms with Crippen LogP contribution in [0.15, 0.2) is 15.7 Å². The van der Waals surface area contributed by atoms with E-state index in [-0.39, 0.29) is 28.5 Å². The number of hydrogen-bond donors (Lipinski definition) is 1. The minimum atomic E-state index is -1.44. The molecular formula is C14H16Br2Cl6N2O2. The van der Waals surface area contributed by atoms with Crippen molar-refractivity contribution in [3.8, 4) is 0 Å². The molecule has 26 heavy (non-hydrogen) atoms. The van der Waals surface area contributed by atoms with E-state index in [2.05, 4.69) is 36.8 Å². The van der Waals surface area contributed by atoms with Crippen LogP contribution in [0, 0.1) is 6.92 Å². The van der Waals surface area contributed by atoms with Gasteiger partial charge < -0.3 is 0 Å². The molecule has 0 radical (unpaired) electrons. The van der Waals surface area contributed by atoms with Crippen molar-refractivity contribution in [2.45, 2.75) is 55.9 Å². The number of halogens is 8. The maximum Gasteiger partial charge on any atom is 0.328 e. The van der Waals surface area contributed by atoms with Crippen LogP contribution in [0.2, 0.25) is 0 Å². The first-order chi connectivity index (χ1) is 11.7. The second-order valence-electron chi connectivity index (χ2n) is 5.91. The molecular weight excluding hydrogens is 601 g/mol. The van der Waals surface area contributed by atoms with Gasteiger partial charge in [0.2, 0.25) is 0 Å². The van der Waals surface area contributed by atoms with Gasteiger partial charge in [0.05, 0.1) is 0 Å². The third-order valence-corrected chi connectivity index (χ3v) is 5.82. The number of nitrogens with zero attached hydrogens (tertiary/aromatic N) is 1. The maximum atomic E-state index is 12.4. The van der Waals surface area contributed by atoms with Crippen LogP contribution < -0.4 is 11.2 Å². The third-order valence-electron chi connectivity index (χ3n) is 3.50. The Kier molecular flexibility index (Phi) is 10.2. The van der Waals surface area contributed by atoms with E-state index >= 15 is 0 Å². The van der Waals surface area contributed by atoms with Gasteiger partial charge in [-0.3, -0.25) is 14.3 Å². The predicted molar refractivity (Wildman–Crippen MR) is 120 cm³/mol. The zero-order valence-electron chi connectivity index (χ0n) is 13.4. The summed E-state index contributed by atoms with van der Waals surface area (Å²) in [5.41, 5.74) is -0.455. The molecule has 0 aliphatic rings. The summed E-state index contributed by atoms with van der Waals surface area (Å²) in [6.45, 7) is 1.68. The highest BCUT2D eigenvalue weighted by Gasteiger charge is 2.30. The molecule has 0 aliphatic heterocycles. The van der Waals surface area contributed by atoms with Gasteiger partial charge in [-0.05, 0) is 19.8 Å². The smallest absolute Gasteiger partial charge is 0.295 e. The molecule has 0 saturated carbocycles. The number of aromatic amines is 1. The van der Waals surface area contributed by atoms with Crippen molar-refractivity contribution in [3.63, 3.8) is 0 Å². The number of aromatic nitrogens is 2. The zero-order chi connectivity index (χ0) is 20.3. The molecule has 1 aromatic heterocycles. The first kappa shape index (κ1) is 25.4. The third kappa shape index (κ3) is 9.73. The molecule has 0 aromatic carbocycles. The summed E-state index contributed by atoms with van der Waals surface area (Å²) < 4.78 is -1.37. The molecule has 1 rings (SSSR count). The van der Waals surface area contributed by atoms with E-state index in [1.807, 2.05) is 0 Å². The average Bonchev–Trinajstić information content (AvgIpc) is 2.31. The van der Waals surface area contributed by atoms with Crippen molar-refractivity contribution >= 4 is 101 Å². The van der Waals surface area contributed by atoms with Crippen LogP contribution in [-0.4, -0.2) is 26.8 Å². The van der Waals surface area contributed by atoms with Crippen molar-refractivity contribution < 1.29 is 0 Å². The molecule has 0 aliphatic carbocycles. The van der Waals surface area contributed by atoms with Gasteiger partial charge in [-0.25, -0.2) is 4.79 Å². The SMILES string of the molecule is Cc1cc(=O)[nH]c(=O)n1C(CC(Br)CC(Cl)(Cl)Cl)CC(Br)CC(Cl)(Cl)Cl. The number of hydrogen-bond acceptors (Lipinski definition) is 2. The summed E-state index contributed by atoms with van der Waals surface area (Å²) in [5, 5.41) is 0. The Morgan fingerprint density at radius 1 is 1.00 bits per heavy atom. The fraction of sp³-hybridized carbons (Fsp3) is 0.714. The van der Waals surface area contributed by atoms with Crippen LogP contribution in [0.25, 0.3) is 0 Å². The Balaban J connectivity index is 3.14. The van der Waals surface area contributed by atoms with E-state index in [4.69, 9.17) is 69.6 Å². The topological polar surface area (TPSA) is 54.9 Å². The van der Waals surface area contributed by atoms with Gasteiger partial charge in [-0.2, -0.15) is 0 Å². The van der Waals surface area contributed by atoms with Crippen LogP contribution in [0.3, 0.4) is 0 Å². The number of alkyl halides is 8. The minimum absolute atomic E-state index is 0.189. The molecule has 0 saturated heterocycles. The number of H-pyrrole nitrogens is 1. The normalized spacial score (nSPS) is 16.3. The van der Waals surface area contributed by atoms with E-state index < -0.39 is 18.8 Å². The molecule has 0 spiro atoms. The lowest BCUT2D eigenvalue weighted by molar-refractivity contribution is 0.395. The van der Waals surface area contributed by atoms with Crippen molar-refractivity contribution in [2.24, 2.45) is 0 Å². The maximum absolute atomic E-state index is 12.4. The summed E-state index contributed by atoms with van der Waals surface area (Å²) in [5.74, 6) is 0. The lowest BCUT2D eigenvalue weighted by Gasteiger charge is -2.28. The Labute approximate surface area is 198 Å². The highest BCUT2D eigenvalue weighted by molar-refractivity contribution is 9.09. The molecule has 0 amide bonds. The number of nitrogens with one attached hydrogen (secondary N) is 1. The van der Waals surface area contributed by atoms with Gasteiger partial charge in [-0.1, -0.05) is 101 Å². The number of rotatable bonds is 7. The summed E-state index contributed by atoms with van der Waals surface area (Å²) >= 11 is 42.1. The van der Waals surface area contributed by atoms with Crippen LogP contribution in [0.4, 0.5) is 0 Å². The second-order valence-corrected chi connectivity index (χ2v) is 13.5. The first-order valence-electron chi connectivity index (χ1n) is 7.42. The summed E-state index contributed by atoms with van der Waals surface area (Å²) in [6.07, 6.45) is 1.40. The van der Waals surface area contributed by atoms with Crippen molar-refractivity contribution in [3.05, 3.63) is 32.6 Å². The van der Waals surface area contributed by atoms with Gasteiger partial charge in [0.25, 0.3) is 5.56 Å². The van der Waals surface area contributed by atoms with E-state index in [0.717, 1.165) is 0 Å². The molecule has 0 bridgehead atoms. The molecule has 2 unspecified atom stereocenters. The van der Waals surface area contributed by atoms with E-state index in [1.165, 1.54) is 10.6 Å². The standard InChI is InChI=1S/C14H16Br2Cl6N2O2/c1-7-2-11(25)23-12(26)24(7)10(3-8(15)5-13(17,18)19)4-9(16)6-14(20,21)22/h2,8-10H,3-6H2,1H3,(H,23,25,26). The van der Waals surface area contributed by atoms with Gasteiger partial charge >= 0.3 is 5.69 Å². The Morgan fingerprint density at radius 2 is 1.42 bits per heavy atom. The quantitative estimate of drug-likeness (QED) is 0.370. The minimum Gasteiger partial charge on any atom is -0.295 e. The van der Waals surface area contributed by atoms with Crippen LogP contribution in [0.5, 0.6) is 0 Å². The molecule has 4 nitrogen and oxygen atoms in total. The predicted octanol–water partition coefficient (Wildman–Crippen LogP) is 6.21. The van der Waals surface area contributed by atoms with Gasteiger partial charge in [0.1, 0.15) is 0 Å². The number of aryl methyl sites for hydroxylation is 1. The van der Waals surface area contributed by atoms with Crippen molar-refractivity contribution in [2.75, 3.05) is 0 Å². The average molecular weight is 617 g/mol. The highest BCUT2D eigenvalue weighted by atomic mass is 79.9. The fourth-order valence-corrected chi connectivity index (χ4v) is 6.71. The summed E-state index contributed by atoms with van der Waals surface area (Å²) in [6, 6.07) is 1.03. The van der Waals surface area contributed by atoms with Crippen LogP contribution in [0.1, 0.15) is 37.4 Å². The van der Waals surface area contributed by atoms with Crippen molar-refractivity contribution in [1.29, 1.82) is 0 Å². The zero-order valence-corrected chi connectivity index (χ0v) is 21.1. The van der Waals surface area contributed by atoms with E-state index in [9.17, 15) is 9.59 Å².